The number of hydrogen-bond acceptors (Lipinski definition) is 8. The lowest BCUT2D eigenvalue weighted by Crippen LogP contribution is -2.49. The molecule has 2 fully saturated rings. The average molecular weight is 473 g/mol. The molecule has 2 N–H and O–H groups in total. The third-order valence-electron chi connectivity index (χ3n) is 6.66. The maximum Gasteiger partial charge on any atom is 0.329 e. The van der Waals surface area contributed by atoms with Crippen LogP contribution in [0.1, 0.15) is 49.7 Å². The van der Waals surface area contributed by atoms with Gasteiger partial charge >= 0.3 is 11.9 Å². The quantitative estimate of drug-likeness (QED) is 0.496. The van der Waals surface area contributed by atoms with E-state index in [9.17, 15) is 9.59 Å². The Morgan fingerprint density at radius 3 is 2.47 bits per heavy atom. The smallest absolute Gasteiger partial charge is 0.329 e. The molecule has 0 aromatic heterocycles. The number of rotatable bonds is 10. The molecule has 1 atom stereocenters. The Kier molecular flexibility index (Phi) is 7.79. The molecule has 1 aromatic carbocycles. The minimum absolute atomic E-state index is 0.0269. The molecule has 0 saturated carbocycles. The molecule has 1 aromatic rings. The lowest BCUT2D eigenvalue weighted by molar-refractivity contribution is -0.159. The van der Waals surface area contributed by atoms with E-state index in [0.717, 1.165) is 29.9 Å². The zero-order valence-electron chi connectivity index (χ0n) is 19.3. The number of likely N-dealkylation sites (tertiary alicyclic amines) is 1. The SMILES string of the molecule is O=C(O)COC1(CC2CC(c3ccc(/C=N/N4CCCC4)cc3)=NO2)CCN(CC(=O)O)CC1. The molecule has 0 spiro atoms. The number of aliphatic carboxylic acids is 2. The first-order valence-electron chi connectivity index (χ1n) is 11.8. The van der Waals surface area contributed by atoms with Crippen molar-refractivity contribution in [3.63, 3.8) is 0 Å². The van der Waals surface area contributed by atoms with Gasteiger partial charge < -0.3 is 19.8 Å². The number of benzene rings is 1. The van der Waals surface area contributed by atoms with Crippen LogP contribution < -0.4 is 0 Å². The number of nitrogens with zero attached hydrogens (tertiary/aromatic N) is 4. The van der Waals surface area contributed by atoms with E-state index in [0.29, 0.717) is 38.8 Å². The summed E-state index contributed by atoms with van der Waals surface area (Å²) in [7, 11) is 0. The first-order valence-corrected chi connectivity index (χ1v) is 11.8. The molecule has 0 radical (unpaired) electrons. The summed E-state index contributed by atoms with van der Waals surface area (Å²) in [5.74, 6) is -1.89. The van der Waals surface area contributed by atoms with Gasteiger partial charge in [-0.3, -0.25) is 14.7 Å². The van der Waals surface area contributed by atoms with Crippen molar-refractivity contribution in [1.29, 1.82) is 0 Å². The van der Waals surface area contributed by atoms with Crippen LogP contribution >= 0.6 is 0 Å². The van der Waals surface area contributed by atoms with Crippen LogP contribution in [0, 0.1) is 0 Å². The molecule has 10 nitrogen and oxygen atoms in total. The van der Waals surface area contributed by atoms with Crippen molar-refractivity contribution in [2.45, 2.75) is 50.2 Å². The van der Waals surface area contributed by atoms with Crippen LogP contribution in [0.4, 0.5) is 0 Å². The predicted molar refractivity (Wildman–Crippen MR) is 125 cm³/mol. The summed E-state index contributed by atoms with van der Waals surface area (Å²) in [6.45, 7) is 2.68. The molecule has 3 heterocycles. The van der Waals surface area contributed by atoms with E-state index in [1.54, 1.807) is 0 Å². The number of carboxylic acids is 2. The number of hydrogen-bond donors (Lipinski definition) is 2. The van der Waals surface area contributed by atoms with Crippen LogP contribution in [0.25, 0.3) is 0 Å². The molecule has 3 aliphatic heterocycles. The molecule has 2 saturated heterocycles. The second kappa shape index (κ2) is 11.0. The number of carbonyl (C=O) groups is 2. The maximum absolute atomic E-state index is 11.1. The van der Waals surface area contributed by atoms with Crippen molar-refractivity contribution in [2.24, 2.45) is 10.3 Å². The van der Waals surface area contributed by atoms with Crippen molar-refractivity contribution in [1.82, 2.24) is 9.91 Å². The van der Waals surface area contributed by atoms with Crippen LogP contribution in [0.5, 0.6) is 0 Å². The van der Waals surface area contributed by atoms with E-state index in [-0.39, 0.29) is 19.3 Å². The third kappa shape index (κ3) is 6.54. The topological polar surface area (TPSA) is 124 Å². The van der Waals surface area contributed by atoms with Gasteiger partial charge in [-0.2, -0.15) is 5.10 Å². The summed E-state index contributed by atoms with van der Waals surface area (Å²) in [6, 6.07) is 8.05. The summed E-state index contributed by atoms with van der Waals surface area (Å²) < 4.78 is 5.85. The molecule has 34 heavy (non-hydrogen) atoms. The molecule has 1 unspecified atom stereocenters. The monoisotopic (exact) mass is 472 g/mol. The Morgan fingerprint density at radius 2 is 1.82 bits per heavy atom. The van der Waals surface area contributed by atoms with E-state index in [1.807, 2.05) is 35.4 Å². The van der Waals surface area contributed by atoms with Crippen molar-refractivity contribution < 1.29 is 29.4 Å². The van der Waals surface area contributed by atoms with Crippen molar-refractivity contribution in [3.8, 4) is 0 Å². The van der Waals surface area contributed by atoms with E-state index in [2.05, 4.69) is 15.3 Å². The van der Waals surface area contributed by atoms with Gasteiger partial charge in [0.25, 0.3) is 0 Å². The summed E-state index contributed by atoms with van der Waals surface area (Å²) in [5, 5.41) is 29.1. The van der Waals surface area contributed by atoms with Gasteiger partial charge in [0.1, 0.15) is 12.7 Å². The predicted octanol–water partition coefficient (Wildman–Crippen LogP) is 2.02. The van der Waals surface area contributed by atoms with Gasteiger partial charge in [-0.05, 0) is 36.8 Å². The fourth-order valence-corrected chi connectivity index (χ4v) is 4.78. The lowest BCUT2D eigenvalue weighted by Gasteiger charge is -2.41. The standard InChI is InChI=1S/C24H32N4O6/c29-22(30)16-27-11-7-24(8-12-27,33-17-23(31)32)14-20-13-21(26-34-20)19-5-3-18(4-6-19)15-25-28-9-1-2-10-28/h3-6,15,20H,1-2,7-14,16-17H2,(H,29,30)(H,31,32)/b25-15+. The van der Waals surface area contributed by atoms with Gasteiger partial charge in [0.2, 0.25) is 0 Å². The Labute approximate surface area is 198 Å². The highest BCUT2D eigenvalue weighted by molar-refractivity contribution is 6.01. The van der Waals surface area contributed by atoms with Crippen LogP contribution in [0.3, 0.4) is 0 Å². The number of carboxylic acid groups (broad SMARTS) is 2. The number of ether oxygens (including phenoxy) is 1. The summed E-state index contributed by atoms with van der Waals surface area (Å²) in [4.78, 5) is 29.7. The average Bonchev–Trinajstić information content (AvgIpc) is 3.50. The van der Waals surface area contributed by atoms with E-state index in [4.69, 9.17) is 19.8 Å². The molecule has 0 amide bonds. The van der Waals surface area contributed by atoms with Gasteiger partial charge in [-0.25, -0.2) is 4.79 Å². The first-order chi connectivity index (χ1) is 16.4. The molecule has 0 bridgehead atoms. The van der Waals surface area contributed by atoms with Crippen LogP contribution in [0.15, 0.2) is 34.5 Å². The van der Waals surface area contributed by atoms with Crippen molar-refractivity contribution >= 4 is 23.9 Å². The van der Waals surface area contributed by atoms with Gasteiger partial charge in [0.15, 0.2) is 0 Å². The molecule has 3 aliphatic rings. The highest BCUT2D eigenvalue weighted by Gasteiger charge is 2.40. The Morgan fingerprint density at radius 1 is 1.12 bits per heavy atom. The number of piperidine rings is 1. The molecule has 10 heteroatoms. The minimum Gasteiger partial charge on any atom is -0.480 e. The highest BCUT2D eigenvalue weighted by Crippen LogP contribution is 2.34. The second-order valence-electron chi connectivity index (χ2n) is 9.24. The highest BCUT2D eigenvalue weighted by atomic mass is 16.6. The number of hydrazone groups is 1. The summed E-state index contributed by atoms with van der Waals surface area (Å²) in [5.41, 5.74) is 2.20. The zero-order chi connectivity index (χ0) is 24.0. The Hall–Kier alpha value is -2.98. The third-order valence-corrected chi connectivity index (χ3v) is 6.66. The second-order valence-corrected chi connectivity index (χ2v) is 9.24. The molecular formula is C24H32N4O6. The summed E-state index contributed by atoms with van der Waals surface area (Å²) >= 11 is 0. The molecule has 0 aliphatic carbocycles. The molecular weight excluding hydrogens is 440 g/mol. The van der Waals surface area contributed by atoms with Crippen LogP contribution in [-0.2, 0) is 19.2 Å². The van der Waals surface area contributed by atoms with Gasteiger partial charge in [-0.15, -0.1) is 0 Å². The largest absolute Gasteiger partial charge is 0.480 e. The van der Waals surface area contributed by atoms with Gasteiger partial charge in [0.05, 0.1) is 24.1 Å². The lowest BCUT2D eigenvalue weighted by atomic mass is 9.84. The zero-order valence-corrected chi connectivity index (χ0v) is 19.3. The Balaban J connectivity index is 1.33. The van der Waals surface area contributed by atoms with Crippen LogP contribution in [-0.4, -0.2) is 95.0 Å². The van der Waals surface area contributed by atoms with E-state index >= 15 is 0 Å². The maximum atomic E-state index is 11.1. The van der Waals surface area contributed by atoms with Gasteiger partial charge in [-0.1, -0.05) is 29.4 Å². The minimum atomic E-state index is -1.02. The number of oxime groups is 1. The van der Waals surface area contributed by atoms with Crippen LogP contribution in [0.2, 0.25) is 0 Å². The summed E-state index contributed by atoms with van der Waals surface area (Å²) in [6.07, 6.45) is 6.27. The van der Waals surface area contributed by atoms with E-state index in [1.165, 1.54) is 12.8 Å². The van der Waals surface area contributed by atoms with E-state index < -0.39 is 17.5 Å². The van der Waals surface area contributed by atoms with Crippen molar-refractivity contribution in [2.75, 3.05) is 39.3 Å². The fourth-order valence-electron chi connectivity index (χ4n) is 4.78. The first kappa shape index (κ1) is 24.2. The Bertz CT molecular complexity index is 918. The normalized spacial score (nSPS) is 22.6. The molecule has 4 rings (SSSR count). The molecule has 184 valence electrons. The van der Waals surface area contributed by atoms with Gasteiger partial charge in [0, 0.05) is 39.0 Å². The van der Waals surface area contributed by atoms with Crippen molar-refractivity contribution in [3.05, 3.63) is 35.4 Å². The fraction of sp³-hybridized carbons (Fsp3) is 0.583.